The molecule has 0 unspecified atom stereocenters. The lowest BCUT2D eigenvalue weighted by Crippen LogP contribution is -2.12. The third-order valence-electron chi connectivity index (χ3n) is 2.36. The molecule has 2 aromatic rings. The van der Waals surface area contributed by atoms with E-state index in [1.165, 1.54) is 0 Å². The summed E-state index contributed by atoms with van der Waals surface area (Å²) in [5.74, 6) is 0. The zero-order valence-electron chi connectivity index (χ0n) is 8.37. The van der Waals surface area contributed by atoms with E-state index in [0.717, 1.165) is 22.6 Å². The van der Waals surface area contributed by atoms with Gasteiger partial charge in [-0.2, -0.15) is 11.3 Å². The van der Waals surface area contributed by atoms with Gasteiger partial charge in [-0.25, -0.2) is 0 Å². The van der Waals surface area contributed by atoms with Crippen molar-refractivity contribution in [3.8, 4) is 0 Å². The second kappa shape index (κ2) is 3.90. The van der Waals surface area contributed by atoms with E-state index in [0.29, 0.717) is 0 Å². The highest BCUT2D eigenvalue weighted by molar-refractivity contribution is 7.08. The molecule has 3 nitrogen and oxygen atoms in total. The fourth-order valence-electron chi connectivity index (χ4n) is 1.59. The number of benzene rings is 1. The molecule has 1 radical (unpaired) electrons. The summed E-state index contributed by atoms with van der Waals surface area (Å²) in [5, 5.41) is 12.2. The zero-order valence-corrected chi connectivity index (χ0v) is 9.19. The van der Waals surface area contributed by atoms with Crippen molar-refractivity contribution < 1.29 is 0 Å². The summed E-state index contributed by atoms with van der Waals surface area (Å²) in [6.07, 6.45) is 0. The summed E-state index contributed by atoms with van der Waals surface area (Å²) in [7, 11) is 0. The quantitative estimate of drug-likeness (QED) is 0.754. The molecule has 0 saturated heterocycles. The molecule has 0 amide bonds. The third-order valence-corrected chi connectivity index (χ3v) is 3.04. The summed E-state index contributed by atoms with van der Waals surface area (Å²) in [5.41, 5.74) is 7.59. The Morgan fingerprint density at radius 3 is 2.25 bits per heavy atom. The second-order valence-corrected chi connectivity index (χ2v) is 4.14. The topological polar surface area (TPSA) is 38.8 Å². The summed E-state index contributed by atoms with van der Waals surface area (Å²) in [6, 6.07) is 12.0. The molecule has 0 spiro atoms. The minimum absolute atomic E-state index is 0.846. The van der Waals surface area contributed by atoms with Gasteiger partial charge in [0.05, 0.1) is 0 Å². The smallest absolute Gasteiger partial charge is 0.124 e. The van der Waals surface area contributed by atoms with Crippen LogP contribution >= 0.6 is 11.3 Å². The van der Waals surface area contributed by atoms with Gasteiger partial charge in [-0.1, -0.05) is 30.3 Å². The molecule has 1 aliphatic heterocycles. The van der Waals surface area contributed by atoms with Gasteiger partial charge in [-0.05, 0) is 17.0 Å². The van der Waals surface area contributed by atoms with Crippen LogP contribution in [-0.4, -0.2) is 11.4 Å². The van der Waals surface area contributed by atoms with E-state index in [1.807, 2.05) is 41.8 Å². The molecular weight excluding hydrogens is 218 g/mol. The van der Waals surface area contributed by atoms with Gasteiger partial charge in [0.15, 0.2) is 0 Å². The molecule has 0 bridgehead atoms. The molecule has 0 N–H and O–H groups in total. The minimum Gasteiger partial charge on any atom is -0.152 e. The minimum atomic E-state index is 0.846. The Labute approximate surface area is 97.1 Å². The maximum atomic E-state index is 4.09. The van der Waals surface area contributed by atoms with Crippen molar-refractivity contribution in [2.24, 2.45) is 10.2 Å². The summed E-state index contributed by atoms with van der Waals surface area (Å²) in [6.45, 7) is 0. The van der Waals surface area contributed by atoms with Crippen molar-refractivity contribution in [1.82, 2.24) is 5.53 Å². The largest absolute Gasteiger partial charge is 0.152 e. The zero-order chi connectivity index (χ0) is 10.8. The Kier molecular flexibility index (Phi) is 2.27. The maximum absolute atomic E-state index is 4.09. The third kappa shape index (κ3) is 1.53. The van der Waals surface area contributed by atoms with Crippen LogP contribution in [0.15, 0.2) is 57.4 Å². The lowest BCUT2D eigenvalue weighted by atomic mass is 10.0. The van der Waals surface area contributed by atoms with Gasteiger partial charge < -0.3 is 0 Å². The van der Waals surface area contributed by atoms with Crippen LogP contribution in [0.1, 0.15) is 11.1 Å². The highest BCUT2D eigenvalue weighted by Crippen LogP contribution is 2.15. The van der Waals surface area contributed by atoms with Gasteiger partial charge >= 0.3 is 0 Å². The van der Waals surface area contributed by atoms with Crippen LogP contribution in [0, 0.1) is 0 Å². The Morgan fingerprint density at radius 1 is 0.812 bits per heavy atom. The molecule has 4 heteroatoms. The van der Waals surface area contributed by atoms with Crippen LogP contribution in [0.4, 0.5) is 0 Å². The predicted octanol–water partition coefficient (Wildman–Crippen LogP) is 2.47. The summed E-state index contributed by atoms with van der Waals surface area (Å²) in [4.78, 5) is 0. The number of nitrogens with zero attached hydrogens (tertiary/aromatic N) is 3. The number of rotatable bonds is 2. The van der Waals surface area contributed by atoms with Gasteiger partial charge in [-0.15, -0.1) is 10.2 Å². The first-order chi connectivity index (χ1) is 7.95. The fraction of sp³-hybridized carbons (Fsp3) is 0. The van der Waals surface area contributed by atoms with Gasteiger partial charge in [0.25, 0.3) is 0 Å². The molecule has 77 valence electrons. The van der Waals surface area contributed by atoms with Crippen molar-refractivity contribution in [3.05, 3.63) is 58.3 Å². The molecular formula is C12H8N3S. The van der Waals surface area contributed by atoms with E-state index in [9.17, 15) is 0 Å². The van der Waals surface area contributed by atoms with Crippen LogP contribution in [0.3, 0.4) is 0 Å². The van der Waals surface area contributed by atoms with Crippen LogP contribution in [0.2, 0.25) is 0 Å². The van der Waals surface area contributed by atoms with Crippen LogP contribution in [0.5, 0.6) is 0 Å². The van der Waals surface area contributed by atoms with Gasteiger partial charge in [0.1, 0.15) is 11.4 Å². The first-order valence-corrected chi connectivity index (χ1v) is 5.83. The number of thiophene rings is 1. The molecule has 0 saturated carbocycles. The van der Waals surface area contributed by atoms with Crippen molar-refractivity contribution in [2.45, 2.75) is 0 Å². The van der Waals surface area contributed by atoms with Gasteiger partial charge in [0.2, 0.25) is 0 Å². The van der Waals surface area contributed by atoms with Crippen molar-refractivity contribution >= 4 is 22.8 Å². The van der Waals surface area contributed by atoms with Crippen molar-refractivity contribution in [3.63, 3.8) is 0 Å². The Balaban J connectivity index is 2.02. The lowest BCUT2D eigenvalue weighted by Gasteiger charge is -2.01. The molecule has 1 aromatic carbocycles. The van der Waals surface area contributed by atoms with Crippen LogP contribution in [0.25, 0.3) is 0 Å². The van der Waals surface area contributed by atoms with Crippen LogP contribution < -0.4 is 5.53 Å². The van der Waals surface area contributed by atoms with E-state index >= 15 is 0 Å². The van der Waals surface area contributed by atoms with E-state index < -0.39 is 0 Å². The van der Waals surface area contributed by atoms with Gasteiger partial charge in [-0.3, -0.25) is 0 Å². The maximum Gasteiger partial charge on any atom is 0.124 e. The molecule has 0 fully saturated rings. The van der Waals surface area contributed by atoms with Crippen molar-refractivity contribution in [1.29, 1.82) is 0 Å². The molecule has 0 atom stereocenters. The summed E-state index contributed by atoms with van der Waals surface area (Å²) < 4.78 is 0. The molecule has 1 aliphatic rings. The van der Waals surface area contributed by atoms with E-state index in [2.05, 4.69) is 21.1 Å². The number of hydrogen-bond donors (Lipinski definition) is 0. The van der Waals surface area contributed by atoms with E-state index in [4.69, 9.17) is 0 Å². The monoisotopic (exact) mass is 226 g/mol. The first-order valence-electron chi connectivity index (χ1n) is 4.89. The summed E-state index contributed by atoms with van der Waals surface area (Å²) >= 11 is 1.65. The molecule has 1 aromatic heterocycles. The normalized spacial score (nSPS) is 14.2. The lowest BCUT2D eigenvalue weighted by molar-refractivity contribution is 0.811. The van der Waals surface area contributed by atoms with E-state index in [-0.39, 0.29) is 0 Å². The molecule has 0 aliphatic carbocycles. The molecule has 2 heterocycles. The highest BCUT2D eigenvalue weighted by atomic mass is 32.1. The Hall–Kier alpha value is -1.94. The second-order valence-electron chi connectivity index (χ2n) is 3.36. The van der Waals surface area contributed by atoms with Gasteiger partial charge in [0, 0.05) is 16.5 Å². The highest BCUT2D eigenvalue weighted by Gasteiger charge is 2.19. The predicted molar refractivity (Wildman–Crippen MR) is 66.0 cm³/mol. The SMILES string of the molecule is c1ccc(C2=N[N]N=C2c2ccsc2)cc1. The standard InChI is InChI=1S/C12H8N3S/c1-2-4-9(5-3-1)11-12(14-15-13-11)10-6-7-16-8-10/h1-8H. The first kappa shape index (κ1) is 9.30. The van der Waals surface area contributed by atoms with E-state index in [1.54, 1.807) is 11.3 Å². The fourth-order valence-corrected chi connectivity index (χ4v) is 2.23. The van der Waals surface area contributed by atoms with Crippen molar-refractivity contribution in [2.75, 3.05) is 0 Å². The average Bonchev–Trinajstić information content (AvgIpc) is 3.01. The number of hydrogen-bond acceptors (Lipinski definition) is 3. The molecule has 3 rings (SSSR count). The average molecular weight is 226 g/mol. The Bertz CT molecular complexity index is 541. The molecule has 16 heavy (non-hydrogen) atoms. The Morgan fingerprint density at radius 2 is 1.56 bits per heavy atom. The van der Waals surface area contributed by atoms with Crippen LogP contribution in [-0.2, 0) is 0 Å².